The van der Waals surface area contributed by atoms with Gasteiger partial charge in [-0.1, -0.05) is 47.1 Å². The van der Waals surface area contributed by atoms with Gasteiger partial charge in [0.15, 0.2) is 0 Å². The smallest absolute Gasteiger partial charge is 0.236 e. The second kappa shape index (κ2) is 7.94. The molecule has 0 saturated heterocycles. The number of amides is 1. The number of hydrogen-bond donors (Lipinski definition) is 1. The highest BCUT2D eigenvalue weighted by molar-refractivity contribution is 7.99. The maximum Gasteiger partial charge on any atom is 0.236 e. The maximum absolute atomic E-state index is 13.5. The number of nitrogens with zero attached hydrogens (tertiary/aromatic N) is 2. The minimum Gasteiger partial charge on any atom is -0.338 e. The molecule has 3 aromatic rings. The van der Waals surface area contributed by atoms with E-state index in [1.54, 1.807) is 12.1 Å². The van der Waals surface area contributed by atoms with Gasteiger partial charge in [0.1, 0.15) is 5.82 Å². The predicted molar refractivity (Wildman–Crippen MR) is 95.7 cm³/mol. The Morgan fingerprint density at radius 2 is 1.96 bits per heavy atom. The Morgan fingerprint density at radius 3 is 2.72 bits per heavy atom. The largest absolute Gasteiger partial charge is 0.338 e. The summed E-state index contributed by atoms with van der Waals surface area (Å²) in [5.41, 5.74) is 2.21. The molecule has 0 atom stereocenters. The zero-order valence-corrected chi connectivity index (χ0v) is 14.3. The molecule has 3 rings (SSSR count). The van der Waals surface area contributed by atoms with Crippen LogP contribution < -0.4 is 5.32 Å². The van der Waals surface area contributed by atoms with Crippen LogP contribution in [0.2, 0.25) is 0 Å². The van der Waals surface area contributed by atoms with Gasteiger partial charge in [0.2, 0.25) is 17.6 Å². The Hall–Kier alpha value is -2.67. The molecule has 0 aliphatic carbocycles. The van der Waals surface area contributed by atoms with Crippen LogP contribution in [0.5, 0.6) is 0 Å². The lowest BCUT2D eigenvalue weighted by molar-refractivity contribution is -0.113. The molecule has 0 fully saturated rings. The lowest BCUT2D eigenvalue weighted by Crippen LogP contribution is -2.15. The number of carbonyl (C=O) groups is 1. The standard InChI is InChI=1S/C18H16FN3O2S/c1-12-6-8-13(9-7-12)18-21-17(24-22-18)11-25-10-16(23)20-15-5-3-2-4-14(15)19/h2-9H,10-11H2,1H3,(H,20,23). The third-order valence-electron chi connectivity index (χ3n) is 3.38. The summed E-state index contributed by atoms with van der Waals surface area (Å²) in [5, 5.41) is 6.48. The van der Waals surface area contributed by atoms with Crippen molar-refractivity contribution >= 4 is 23.4 Å². The first kappa shape index (κ1) is 17.2. The number of nitrogens with one attached hydrogen (secondary N) is 1. The summed E-state index contributed by atoms with van der Waals surface area (Å²) < 4.78 is 18.7. The van der Waals surface area contributed by atoms with Crippen molar-refractivity contribution in [2.75, 3.05) is 11.1 Å². The van der Waals surface area contributed by atoms with E-state index in [0.29, 0.717) is 17.5 Å². The first-order valence-corrected chi connectivity index (χ1v) is 8.79. The summed E-state index contributed by atoms with van der Waals surface area (Å²) in [7, 11) is 0. The fourth-order valence-corrected chi connectivity index (χ4v) is 2.76. The Balaban J connectivity index is 1.50. The Kier molecular flexibility index (Phi) is 5.45. The number of rotatable bonds is 6. The molecule has 5 nitrogen and oxygen atoms in total. The quantitative estimate of drug-likeness (QED) is 0.721. The van der Waals surface area contributed by atoms with Gasteiger partial charge in [0.05, 0.1) is 17.2 Å². The van der Waals surface area contributed by atoms with Crippen LogP contribution in [0.4, 0.5) is 10.1 Å². The van der Waals surface area contributed by atoms with E-state index in [9.17, 15) is 9.18 Å². The number of anilines is 1. The van der Waals surface area contributed by atoms with Gasteiger partial charge in [-0.3, -0.25) is 4.79 Å². The van der Waals surface area contributed by atoms with Crippen LogP contribution in [0.25, 0.3) is 11.4 Å². The molecule has 25 heavy (non-hydrogen) atoms. The Bertz CT molecular complexity index is 865. The second-order valence-electron chi connectivity index (χ2n) is 5.40. The fraction of sp³-hybridized carbons (Fsp3) is 0.167. The monoisotopic (exact) mass is 357 g/mol. The summed E-state index contributed by atoms with van der Waals surface area (Å²) in [4.78, 5) is 16.2. The van der Waals surface area contributed by atoms with Crippen molar-refractivity contribution in [1.82, 2.24) is 10.1 Å². The van der Waals surface area contributed by atoms with Crippen molar-refractivity contribution < 1.29 is 13.7 Å². The molecule has 1 aromatic heterocycles. The topological polar surface area (TPSA) is 68.0 Å². The van der Waals surface area contributed by atoms with Crippen molar-refractivity contribution in [1.29, 1.82) is 0 Å². The molecule has 0 unspecified atom stereocenters. The summed E-state index contributed by atoms with van der Waals surface area (Å²) in [6, 6.07) is 13.9. The molecule has 1 N–H and O–H groups in total. The molecule has 0 radical (unpaired) electrons. The highest BCUT2D eigenvalue weighted by atomic mass is 32.2. The molecule has 0 bridgehead atoms. The third-order valence-corrected chi connectivity index (χ3v) is 4.30. The molecule has 0 aliphatic heterocycles. The highest BCUT2D eigenvalue weighted by Crippen LogP contribution is 2.19. The molecular formula is C18H16FN3O2S. The Labute approximate surface area is 148 Å². The van der Waals surface area contributed by atoms with Crippen molar-refractivity contribution in [3.8, 4) is 11.4 Å². The summed E-state index contributed by atoms with van der Waals surface area (Å²) >= 11 is 1.32. The van der Waals surface area contributed by atoms with E-state index in [2.05, 4.69) is 15.5 Å². The number of benzene rings is 2. The average Bonchev–Trinajstić information content (AvgIpc) is 3.06. The minimum absolute atomic E-state index is 0.163. The van der Waals surface area contributed by atoms with E-state index in [1.807, 2.05) is 31.2 Å². The second-order valence-corrected chi connectivity index (χ2v) is 6.38. The Morgan fingerprint density at radius 1 is 1.20 bits per heavy atom. The fourth-order valence-electron chi connectivity index (χ4n) is 2.11. The summed E-state index contributed by atoms with van der Waals surface area (Å²) in [6.45, 7) is 2.01. The number of carbonyl (C=O) groups excluding carboxylic acids is 1. The summed E-state index contributed by atoms with van der Waals surface area (Å²) in [5.74, 6) is 0.791. The number of thioether (sulfide) groups is 1. The number of para-hydroxylation sites is 1. The number of halogens is 1. The average molecular weight is 357 g/mol. The van der Waals surface area contributed by atoms with Crippen LogP contribution in [-0.2, 0) is 10.5 Å². The molecule has 7 heteroatoms. The first-order valence-electron chi connectivity index (χ1n) is 7.63. The zero-order chi connectivity index (χ0) is 17.6. The van der Waals surface area contributed by atoms with Crippen molar-refractivity contribution in [2.45, 2.75) is 12.7 Å². The molecule has 0 spiro atoms. The van der Waals surface area contributed by atoms with Crippen LogP contribution in [0.1, 0.15) is 11.5 Å². The molecule has 2 aromatic carbocycles. The SMILES string of the molecule is Cc1ccc(-c2noc(CSCC(=O)Nc3ccccc3F)n2)cc1. The normalized spacial score (nSPS) is 10.6. The summed E-state index contributed by atoms with van der Waals surface area (Å²) in [6.07, 6.45) is 0. The number of aromatic nitrogens is 2. The van der Waals surface area contributed by atoms with E-state index >= 15 is 0 Å². The third kappa shape index (κ3) is 4.67. The lowest BCUT2D eigenvalue weighted by Gasteiger charge is -2.05. The molecule has 0 aliphatic rings. The van der Waals surface area contributed by atoms with E-state index in [-0.39, 0.29) is 17.3 Å². The van der Waals surface area contributed by atoms with Crippen LogP contribution in [-0.4, -0.2) is 21.8 Å². The van der Waals surface area contributed by atoms with Crippen molar-refractivity contribution in [3.63, 3.8) is 0 Å². The van der Waals surface area contributed by atoms with Gasteiger partial charge < -0.3 is 9.84 Å². The molecule has 1 heterocycles. The highest BCUT2D eigenvalue weighted by Gasteiger charge is 2.11. The maximum atomic E-state index is 13.5. The van der Waals surface area contributed by atoms with Gasteiger partial charge in [-0.2, -0.15) is 4.98 Å². The van der Waals surface area contributed by atoms with E-state index in [1.165, 1.54) is 23.9 Å². The van der Waals surface area contributed by atoms with Crippen LogP contribution >= 0.6 is 11.8 Å². The molecule has 0 saturated carbocycles. The van der Waals surface area contributed by atoms with Gasteiger partial charge in [-0.05, 0) is 19.1 Å². The first-order chi connectivity index (χ1) is 12.1. The van der Waals surface area contributed by atoms with Gasteiger partial charge >= 0.3 is 0 Å². The minimum atomic E-state index is -0.458. The van der Waals surface area contributed by atoms with Crippen LogP contribution in [0, 0.1) is 12.7 Å². The number of hydrogen-bond acceptors (Lipinski definition) is 5. The van der Waals surface area contributed by atoms with Crippen molar-refractivity contribution in [3.05, 3.63) is 65.8 Å². The van der Waals surface area contributed by atoms with Gasteiger partial charge in [-0.15, -0.1) is 11.8 Å². The molecule has 128 valence electrons. The van der Waals surface area contributed by atoms with Gasteiger partial charge in [0.25, 0.3) is 0 Å². The van der Waals surface area contributed by atoms with Gasteiger partial charge in [0, 0.05) is 5.56 Å². The molecule has 1 amide bonds. The van der Waals surface area contributed by atoms with E-state index in [4.69, 9.17) is 4.52 Å². The number of aryl methyl sites for hydroxylation is 1. The zero-order valence-electron chi connectivity index (χ0n) is 13.5. The van der Waals surface area contributed by atoms with Crippen LogP contribution in [0.3, 0.4) is 0 Å². The lowest BCUT2D eigenvalue weighted by atomic mass is 10.1. The van der Waals surface area contributed by atoms with E-state index < -0.39 is 5.82 Å². The van der Waals surface area contributed by atoms with Crippen LogP contribution in [0.15, 0.2) is 53.1 Å². The van der Waals surface area contributed by atoms with Crippen molar-refractivity contribution in [2.24, 2.45) is 0 Å². The molecular weight excluding hydrogens is 341 g/mol. The predicted octanol–water partition coefficient (Wildman–Crippen LogP) is 4.06. The van der Waals surface area contributed by atoms with Gasteiger partial charge in [-0.25, -0.2) is 4.39 Å². The van der Waals surface area contributed by atoms with E-state index in [0.717, 1.165) is 11.1 Å².